The van der Waals surface area contributed by atoms with E-state index in [-0.39, 0.29) is 0 Å². The van der Waals surface area contributed by atoms with Crippen molar-refractivity contribution < 1.29 is 23.8 Å². The molecule has 0 bridgehead atoms. The number of nitrogens with one attached hydrogen (secondary N) is 2. The standard InChI is InChI=1S/C12H16N2O5/c1-7(15)13-12(16)14-8-5-9(17-2)11(19-4)10(6-8)18-3/h5-6H,1-4H3,(H2,13,14,15,16). The number of ether oxygens (including phenoxy) is 3. The zero-order valence-corrected chi connectivity index (χ0v) is 11.2. The van der Waals surface area contributed by atoms with Gasteiger partial charge in [-0.15, -0.1) is 0 Å². The average Bonchev–Trinajstić information content (AvgIpc) is 2.36. The molecular weight excluding hydrogens is 252 g/mol. The van der Waals surface area contributed by atoms with Gasteiger partial charge in [-0.05, 0) is 0 Å². The number of imide groups is 1. The van der Waals surface area contributed by atoms with Gasteiger partial charge in [0.15, 0.2) is 11.5 Å². The number of carbonyl (C=O) groups excluding carboxylic acids is 2. The number of benzene rings is 1. The summed E-state index contributed by atoms with van der Waals surface area (Å²) < 4.78 is 15.4. The molecule has 0 fully saturated rings. The number of carbonyl (C=O) groups is 2. The van der Waals surface area contributed by atoms with Crippen molar-refractivity contribution in [3.05, 3.63) is 12.1 Å². The Morgan fingerprint density at radius 2 is 1.53 bits per heavy atom. The molecule has 1 aromatic rings. The zero-order chi connectivity index (χ0) is 14.4. The lowest BCUT2D eigenvalue weighted by Crippen LogP contribution is -2.32. The van der Waals surface area contributed by atoms with Crippen molar-refractivity contribution in [3.8, 4) is 17.2 Å². The molecule has 1 rings (SSSR count). The molecule has 2 N–H and O–H groups in total. The van der Waals surface area contributed by atoms with E-state index in [2.05, 4.69) is 10.6 Å². The van der Waals surface area contributed by atoms with Gasteiger partial charge in [-0.1, -0.05) is 0 Å². The molecule has 19 heavy (non-hydrogen) atoms. The van der Waals surface area contributed by atoms with E-state index in [0.29, 0.717) is 22.9 Å². The summed E-state index contributed by atoms with van der Waals surface area (Å²) in [6.45, 7) is 1.24. The summed E-state index contributed by atoms with van der Waals surface area (Å²) in [7, 11) is 4.42. The second-order valence-electron chi connectivity index (χ2n) is 3.55. The predicted octanol–water partition coefficient (Wildman–Crippen LogP) is 1.38. The van der Waals surface area contributed by atoms with E-state index in [1.807, 2.05) is 0 Å². The van der Waals surface area contributed by atoms with Gasteiger partial charge in [0.25, 0.3) is 0 Å². The fourth-order valence-corrected chi connectivity index (χ4v) is 1.48. The Balaban J connectivity index is 3.02. The molecule has 0 aliphatic heterocycles. The second kappa shape index (κ2) is 6.48. The highest BCUT2D eigenvalue weighted by Crippen LogP contribution is 2.39. The van der Waals surface area contributed by atoms with Gasteiger partial charge >= 0.3 is 6.03 Å². The first kappa shape index (κ1) is 14.6. The van der Waals surface area contributed by atoms with Crippen LogP contribution in [0.15, 0.2) is 12.1 Å². The van der Waals surface area contributed by atoms with Crippen LogP contribution in [0, 0.1) is 0 Å². The van der Waals surface area contributed by atoms with Crippen LogP contribution in [0.2, 0.25) is 0 Å². The summed E-state index contributed by atoms with van der Waals surface area (Å²) in [6, 6.07) is 2.48. The third kappa shape index (κ3) is 3.77. The van der Waals surface area contributed by atoms with Crippen LogP contribution < -0.4 is 24.8 Å². The molecule has 104 valence electrons. The zero-order valence-electron chi connectivity index (χ0n) is 11.2. The van der Waals surface area contributed by atoms with Crippen molar-refractivity contribution >= 4 is 17.6 Å². The van der Waals surface area contributed by atoms with E-state index in [1.54, 1.807) is 12.1 Å². The predicted molar refractivity (Wildman–Crippen MR) is 68.9 cm³/mol. The molecule has 3 amide bonds. The fourth-order valence-electron chi connectivity index (χ4n) is 1.48. The minimum Gasteiger partial charge on any atom is -0.493 e. The van der Waals surface area contributed by atoms with Gasteiger partial charge in [-0.3, -0.25) is 10.1 Å². The van der Waals surface area contributed by atoms with Gasteiger partial charge in [0.2, 0.25) is 11.7 Å². The maximum absolute atomic E-state index is 11.4. The molecule has 0 aromatic heterocycles. The van der Waals surface area contributed by atoms with E-state index in [9.17, 15) is 9.59 Å². The molecule has 7 heteroatoms. The van der Waals surface area contributed by atoms with Crippen molar-refractivity contribution in [2.24, 2.45) is 0 Å². The lowest BCUT2D eigenvalue weighted by atomic mass is 10.2. The maximum Gasteiger partial charge on any atom is 0.325 e. The van der Waals surface area contributed by atoms with Crippen LogP contribution in [0.3, 0.4) is 0 Å². The number of hydrogen-bond acceptors (Lipinski definition) is 5. The van der Waals surface area contributed by atoms with Crippen molar-refractivity contribution in [1.29, 1.82) is 0 Å². The number of rotatable bonds is 4. The molecule has 0 aliphatic carbocycles. The third-order valence-electron chi connectivity index (χ3n) is 2.21. The van der Waals surface area contributed by atoms with Crippen LogP contribution in [-0.2, 0) is 4.79 Å². The van der Waals surface area contributed by atoms with Gasteiger partial charge in [0.1, 0.15) is 0 Å². The van der Waals surface area contributed by atoms with E-state index < -0.39 is 11.9 Å². The van der Waals surface area contributed by atoms with Crippen LogP contribution in [0.5, 0.6) is 17.2 Å². The van der Waals surface area contributed by atoms with Crippen LogP contribution in [-0.4, -0.2) is 33.3 Å². The Bertz CT molecular complexity index is 462. The highest BCUT2D eigenvalue weighted by Gasteiger charge is 2.14. The number of amides is 3. The lowest BCUT2D eigenvalue weighted by Gasteiger charge is -2.14. The number of urea groups is 1. The first-order valence-electron chi connectivity index (χ1n) is 5.40. The fraction of sp³-hybridized carbons (Fsp3) is 0.333. The molecule has 0 atom stereocenters. The summed E-state index contributed by atoms with van der Waals surface area (Å²) in [5, 5.41) is 4.58. The van der Waals surface area contributed by atoms with E-state index in [0.717, 1.165) is 0 Å². The molecule has 7 nitrogen and oxygen atoms in total. The van der Waals surface area contributed by atoms with E-state index in [1.165, 1.54) is 28.3 Å². The van der Waals surface area contributed by atoms with E-state index >= 15 is 0 Å². The topological polar surface area (TPSA) is 85.9 Å². The summed E-state index contributed by atoms with van der Waals surface area (Å²) in [4.78, 5) is 22.2. The Labute approximate surface area is 110 Å². The summed E-state index contributed by atoms with van der Waals surface area (Å²) >= 11 is 0. The first-order chi connectivity index (χ1) is 9.01. The van der Waals surface area contributed by atoms with E-state index in [4.69, 9.17) is 14.2 Å². The van der Waals surface area contributed by atoms with Gasteiger partial charge in [0.05, 0.1) is 27.0 Å². The number of methoxy groups -OCH3 is 3. The molecule has 0 unspecified atom stereocenters. The Morgan fingerprint density at radius 3 is 1.89 bits per heavy atom. The molecule has 0 saturated heterocycles. The molecule has 0 radical (unpaired) electrons. The van der Waals surface area contributed by atoms with Crippen LogP contribution in [0.25, 0.3) is 0 Å². The third-order valence-corrected chi connectivity index (χ3v) is 2.21. The first-order valence-corrected chi connectivity index (χ1v) is 5.40. The molecule has 0 saturated carbocycles. The van der Waals surface area contributed by atoms with Gasteiger partial charge in [0, 0.05) is 19.1 Å². The van der Waals surface area contributed by atoms with Crippen LogP contribution >= 0.6 is 0 Å². The van der Waals surface area contributed by atoms with Crippen LogP contribution in [0.1, 0.15) is 6.92 Å². The molecular formula is C12H16N2O5. The Morgan fingerprint density at radius 1 is 1.00 bits per heavy atom. The quantitative estimate of drug-likeness (QED) is 0.861. The summed E-state index contributed by atoms with van der Waals surface area (Å²) in [5.74, 6) is 0.771. The Hall–Kier alpha value is -2.44. The largest absolute Gasteiger partial charge is 0.493 e. The normalized spacial score (nSPS) is 9.47. The van der Waals surface area contributed by atoms with Crippen molar-refractivity contribution in [3.63, 3.8) is 0 Å². The molecule has 0 spiro atoms. The van der Waals surface area contributed by atoms with Gasteiger partial charge in [-0.2, -0.15) is 0 Å². The SMILES string of the molecule is COc1cc(NC(=O)NC(C)=O)cc(OC)c1OC. The van der Waals surface area contributed by atoms with Gasteiger partial charge in [-0.25, -0.2) is 4.79 Å². The monoisotopic (exact) mass is 268 g/mol. The van der Waals surface area contributed by atoms with Crippen molar-refractivity contribution in [2.45, 2.75) is 6.92 Å². The minimum absolute atomic E-state index is 0.403. The molecule has 1 aromatic carbocycles. The summed E-state index contributed by atoms with van der Waals surface area (Å²) in [6.07, 6.45) is 0. The smallest absolute Gasteiger partial charge is 0.325 e. The second-order valence-corrected chi connectivity index (χ2v) is 3.55. The Kier molecular flexibility index (Phi) is 4.99. The van der Waals surface area contributed by atoms with Gasteiger partial charge < -0.3 is 19.5 Å². The molecule has 0 heterocycles. The number of hydrogen-bond donors (Lipinski definition) is 2. The minimum atomic E-state index is -0.637. The van der Waals surface area contributed by atoms with Crippen molar-refractivity contribution in [1.82, 2.24) is 5.32 Å². The number of anilines is 1. The average molecular weight is 268 g/mol. The highest BCUT2D eigenvalue weighted by atomic mass is 16.5. The summed E-state index contributed by atoms with van der Waals surface area (Å²) in [5.41, 5.74) is 0.410. The highest BCUT2D eigenvalue weighted by molar-refractivity contribution is 6.00. The van der Waals surface area contributed by atoms with Crippen LogP contribution in [0.4, 0.5) is 10.5 Å². The maximum atomic E-state index is 11.4. The van der Waals surface area contributed by atoms with Crippen molar-refractivity contribution in [2.75, 3.05) is 26.6 Å². The molecule has 0 aliphatic rings. The lowest BCUT2D eigenvalue weighted by molar-refractivity contribution is -0.117.